The quantitative estimate of drug-likeness (QED) is 0.0826. The van der Waals surface area contributed by atoms with E-state index in [1.165, 1.54) is 15.9 Å². The van der Waals surface area contributed by atoms with E-state index in [2.05, 4.69) is 20.9 Å². The van der Waals surface area contributed by atoms with Crippen LogP contribution in [-0.2, 0) is 48.0 Å². The molecule has 1 saturated heterocycles. The van der Waals surface area contributed by atoms with Crippen molar-refractivity contribution in [3.63, 3.8) is 0 Å². The van der Waals surface area contributed by atoms with Crippen LogP contribution in [0.1, 0.15) is 100 Å². The van der Waals surface area contributed by atoms with Crippen LogP contribution in [0.5, 0.6) is 5.75 Å². The molecule has 3 aliphatic rings. The summed E-state index contributed by atoms with van der Waals surface area (Å²) in [4.78, 5) is 88.7. The molecule has 0 spiro atoms. The minimum absolute atomic E-state index is 0.0442. The summed E-state index contributed by atoms with van der Waals surface area (Å²) in [7, 11) is 0. The Labute approximate surface area is 405 Å². The number of primary amides is 1. The predicted molar refractivity (Wildman–Crippen MR) is 259 cm³/mol. The van der Waals surface area contributed by atoms with Crippen molar-refractivity contribution in [2.24, 2.45) is 16.9 Å². The molecule has 18 heteroatoms. The van der Waals surface area contributed by atoms with Gasteiger partial charge in [-0.2, -0.15) is 0 Å². The first-order valence-corrected chi connectivity index (χ1v) is 24.5. The average molecular weight is 967 g/mol. The minimum atomic E-state index is -1.04. The molecular formula is C51H63FN8O8S. The van der Waals surface area contributed by atoms with E-state index in [1.807, 2.05) is 56.3 Å². The van der Waals surface area contributed by atoms with Crippen LogP contribution in [0.15, 0.2) is 66.2 Å². The lowest BCUT2D eigenvalue weighted by Gasteiger charge is -2.35. The van der Waals surface area contributed by atoms with Crippen LogP contribution in [0.25, 0.3) is 10.4 Å². The van der Waals surface area contributed by atoms with Crippen LogP contribution < -0.4 is 37.1 Å². The smallest absolute Gasteiger partial charge is 0.246 e. The van der Waals surface area contributed by atoms with Crippen LogP contribution in [-0.4, -0.2) is 99.9 Å². The Morgan fingerprint density at radius 2 is 1.68 bits per heavy atom. The lowest BCUT2D eigenvalue weighted by molar-refractivity contribution is -0.144. The number of carbonyl (C=O) groups excluding carboxylic acids is 6. The standard InChI is InChI=1S/C51H63FN8O8S/c1-28(30-15-17-33(18-16-30)45-29(2)55-27-69-45)56-47(64)38-24-36(61)25-59(38)50(67)46(51(3,4)5)58-42(63)14-8-10-31-9-7-13-40(43(31)52)68-26-35(20-22-41(54)62)57-48(65)39-23-34-12-6-11-32-19-21-37(53)49(66)60(39)44(32)34/h6-7,9,11-13,15-18,27-28,35-39,46,61H,8,10,14,19-26,53H2,1-5H3,(H2,54,62)(H,56,64)(H,57,65)(H,58,63)/t28-,35-,36+,37-,38-,39-,46+/m0/s1. The van der Waals surface area contributed by atoms with E-state index in [-0.39, 0.29) is 75.3 Å². The highest BCUT2D eigenvalue weighted by molar-refractivity contribution is 7.13. The van der Waals surface area contributed by atoms with Gasteiger partial charge in [0.2, 0.25) is 35.4 Å². The average Bonchev–Trinajstić information content (AvgIpc) is 4.02. The summed E-state index contributed by atoms with van der Waals surface area (Å²) in [6.45, 7) is 8.93. The first-order chi connectivity index (χ1) is 32.8. The zero-order valence-corrected chi connectivity index (χ0v) is 40.6. The number of β-amino-alcohol motifs (C(OH)–C–C–N with tert-alkyl or cyclic N) is 1. The van der Waals surface area contributed by atoms with Crippen molar-refractivity contribution < 1.29 is 43.0 Å². The molecule has 16 nitrogen and oxygen atoms in total. The van der Waals surface area contributed by atoms with Crippen LogP contribution in [0.4, 0.5) is 10.1 Å². The Morgan fingerprint density at radius 1 is 0.971 bits per heavy atom. The SMILES string of the molecule is Cc1ncsc1-c1ccc([C@H](C)NC(=O)[C@@H]2C[C@@H](O)CN2C(=O)[C@@H](NC(=O)CCCc2cccc(OC[C@H](CCC(N)=O)NC(=O)[C@@H]3Cc4cccc5c4N3C(=O)[C@@H](N)CC5)c2F)C(C)(C)C)cc1. The normalized spacial score (nSPS) is 20.1. The van der Waals surface area contributed by atoms with Crippen LogP contribution in [0.3, 0.4) is 0 Å². The molecule has 3 aliphatic heterocycles. The van der Waals surface area contributed by atoms with Crippen molar-refractivity contribution in [2.45, 2.75) is 135 Å². The van der Waals surface area contributed by atoms with Gasteiger partial charge in [-0.05, 0) is 85.3 Å². The second-order valence-corrected chi connectivity index (χ2v) is 20.3. The molecule has 3 aromatic carbocycles. The number of hydrogen-bond acceptors (Lipinski definition) is 11. The second kappa shape index (κ2) is 21.6. The molecule has 1 fully saturated rings. The van der Waals surface area contributed by atoms with Crippen LogP contribution in [0, 0.1) is 18.2 Å². The number of aliphatic hydroxyl groups is 1. The molecule has 0 unspecified atom stereocenters. The fourth-order valence-corrected chi connectivity index (χ4v) is 10.2. The van der Waals surface area contributed by atoms with E-state index in [4.69, 9.17) is 16.2 Å². The second-order valence-electron chi connectivity index (χ2n) is 19.5. The lowest BCUT2D eigenvalue weighted by atomic mass is 9.85. The first kappa shape index (κ1) is 50.6. The van der Waals surface area contributed by atoms with Gasteiger partial charge in [0, 0.05) is 32.2 Å². The Hall–Kier alpha value is -6.24. The van der Waals surface area contributed by atoms with E-state index in [9.17, 15) is 33.9 Å². The Bertz CT molecular complexity index is 2560. The molecule has 7 atom stereocenters. The van der Waals surface area contributed by atoms with E-state index < -0.39 is 83.1 Å². The van der Waals surface area contributed by atoms with Gasteiger partial charge < -0.3 is 42.2 Å². The lowest BCUT2D eigenvalue weighted by Crippen LogP contribution is -2.57. The highest BCUT2D eigenvalue weighted by Crippen LogP contribution is 2.39. The van der Waals surface area contributed by atoms with Crippen molar-refractivity contribution in [2.75, 3.05) is 18.1 Å². The molecule has 0 radical (unpaired) electrons. The first-order valence-electron chi connectivity index (χ1n) is 23.6. The Morgan fingerprint density at radius 3 is 2.38 bits per heavy atom. The van der Waals surface area contributed by atoms with Crippen molar-refractivity contribution in [3.8, 4) is 16.2 Å². The van der Waals surface area contributed by atoms with E-state index in [0.717, 1.165) is 32.8 Å². The molecule has 0 bridgehead atoms. The number of amides is 6. The Kier molecular flexibility index (Phi) is 15.8. The van der Waals surface area contributed by atoms with Crippen molar-refractivity contribution >= 4 is 52.5 Å². The fraction of sp³-hybridized carbons (Fsp3) is 0.471. The van der Waals surface area contributed by atoms with Gasteiger partial charge in [-0.1, -0.05) is 75.4 Å². The number of benzene rings is 3. The zero-order chi connectivity index (χ0) is 49.7. The van der Waals surface area contributed by atoms with Crippen molar-refractivity contribution in [1.82, 2.24) is 25.8 Å². The number of rotatable bonds is 18. The zero-order valence-electron chi connectivity index (χ0n) is 39.8. The van der Waals surface area contributed by atoms with Crippen LogP contribution >= 0.6 is 11.3 Å². The summed E-state index contributed by atoms with van der Waals surface area (Å²) in [5.74, 6) is -3.50. The number of aryl methyl sites for hydroxylation is 3. The summed E-state index contributed by atoms with van der Waals surface area (Å²) >= 11 is 1.55. The Balaban J connectivity index is 0.933. The third-order valence-electron chi connectivity index (χ3n) is 13.2. The maximum absolute atomic E-state index is 16.0. The molecule has 4 heterocycles. The van der Waals surface area contributed by atoms with Gasteiger partial charge in [0.25, 0.3) is 0 Å². The molecule has 4 aromatic rings. The van der Waals surface area contributed by atoms with Gasteiger partial charge >= 0.3 is 0 Å². The molecule has 6 amide bonds. The van der Waals surface area contributed by atoms with Crippen LogP contribution in [0.2, 0.25) is 0 Å². The highest BCUT2D eigenvalue weighted by atomic mass is 32.1. The topological polar surface area (TPSA) is 239 Å². The van der Waals surface area contributed by atoms with Gasteiger partial charge in [0.05, 0.1) is 46.0 Å². The molecule has 368 valence electrons. The maximum Gasteiger partial charge on any atom is 0.246 e. The molecule has 0 saturated carbocycles. The molecule has 1 aromatic heterocycles. The van der Waals surface area contributed by atoms with Gasteiger partial charge in [0.15, 0.2) is 11.6 Å². The number of nitrogens with one attached hydrogen (secondary N) is 3. The highest BCUT2D eigenvalue weighted by Gasteiger charge is 2.45. The predicted octanol–water partition coefficient (Wildman–Crippen LogP) is 4.31. The fourth-order valence-electron chi connectivity index (χ4n) is 9.41. The molecule has 0 aliphatic carbocycles. The maximum atomic E-state index is 16.0. The minimum Gasteiger partial charge on any atom is -0.488 e. The van der Waals surface area contributed by atoms with Gasteiger partial charge in [-0.15, -0.1) is 11.3 Å². The van der Waals surface area contributed by atoms with Gasteiger partial charge in [-0.25, -0.2) is 9.37 Å². The third-order valence-corrected chi connectivity index (χ3v) is 14.2. The van der Waals surface area contributed by atoms with E-state index >= 15 is 4.39 Å². The van der Waals surface area contributed by atoms with E-state index in [1.54, 1.807) is 49.8 Å². The van der Waals surface area contributed by atoms with Crippen molar-refractivity contribution in [1.29, 1.82) is 0 Å². The summed E-state index contributed by atoms with van der Waals surface area (Å²) in [6, 6.07) is 13.4. The van der Waals surface area contributed by atoms with Crippen molar-refractivity contribution in [3.05, 3.63) is 99.9 Å². The number of para-hydroxylation sites is 1. The number of nitrogens with zero attached hydrogens (tertiary/aromatic N) is 3. The number of hydrogen-bond donors (Lipinski definition) is 6. The molecular weight excluding hydrogens is 904 g/mol. The number of likely N-dealkylation sites (tertiary alicyclic amines) is 1. The number of anilines is 1. The van der Waals surface area contributed by atoms with Gasteiger partial charge in [0.1, 0.15) is 24.7 Å². The number of halogens is 1. The number of thiazole rings is 1. The number of aromatic nitrogens is 1. The molecule has 69 heavy (non-hydrogen) atoms. The number of aliphatic hydroxyl groups excluding tert-OH is 1. The molecule has 8 N–H and O–H groups in total. The number of nitrogens with two attached hydrogens (primary N) is 2. The number of ether oxygens (including phenoxy) is 1. The van der Waals surface area contributed by atoms with Gasteiger partial charge in [-0.3, -0.25) is 33.7 Å². The third kappa shape index (κ3) is 11.8. The summed E-state index contributed by atoms with van der Waals surface area (Å²) in [5, 5.41) is 19.5. The van der Waals surface area contributed by atoms with E-state index in [0.29, 0.717) is 18.5 Å². The number of carbonyl (C=O) groups is 6. The molecule has 7 rings (SSSR count). The summed E-state index contributed by atoms with van der Waals surface area (Å²) < 4.78 is 21.9. The summed E-state index contributed by atoms with van der Waals surface area (Å²) in [5.41, 5.74) is 18.3. The monoisotopic (exact) mass is 966 g/mol. The summed E-state index contributed by atoms with van der Waals surface area (Å²) in [6.07, 6.45) is 0.790. The largest absolute Gasteiger partial charge is 0.488 e.